The van der Waals surface area contributed by atoms with E-state index in [0.717, 1.165) is 21.0 Å². The molecule has 21 heavy (non-hydrogen) atoms. The van der Waals surface area contributed by atoms with Gasteiger partial charge in [-0.3, -0.25) is 0 Å². The zero-order valence-corrected chi connectivity index (χ0v) is 13.3. The summed E-state index contributed by atoms with van der Waals surface area (Å²) in [5.74, 6) is 1.21. The van der Waals surface area contributed by atoms with Crippen LogP contribution in [0.25, 0.3) is 11.0 Å². The number of benzene rings is 2. The van der Waals surface area contributed by atoms with Gasteiger partial charge in [0.2, 0.25) is 0 Å². The van der Waals surface area contributed by atoms with Crippen molar-refractivity contribution < 1.29 is 14.3 Å². The second kappa shape index (κ2) is 5.54. The second-order valence-electron chi connectivity index (χ2n) is 4.98. The monoisotopic (exact) mass is 346 g/mol. The molecule has 0 aliphatic heterocycles. The third-order valence-electron chi connectivity index (χ3n) is 3.46. The molecular formula is C17H15BrO3. The van der Waals surface area contributed by atoms with Gasteiger partial charge in [-0.05, 0) is 43.3 Å². The molecule has 0 saturated carbocycles. The zero-order valence-electron chi connectivity index (χ0n) is 11.8. The number of fused-ring (bicyclic) bond motifs is 1. The van der Waals surface area contributed by atoms with Crippen LogP contribution in [0.3, 0.4) is 0 Å². The van der Waals surface area contributed by atoms with Crippen molar-refractivity contribution in [1.29, 1.82) is 0 Å². The van der Waals surface area contributed by atoms with Crippen molar-refractivity contribution in [3.8, 4) is 5.75 Å². The summed E-state index contributed by atoms with van der Waals surface area (Å²) in [6.07, 6.45) is -0.845. The molecule has 0 amide bonds. The highest BCUT2D eigenvalue weighted by atomic mass is 79.9. The van der Waals surface area contributed by atoms with E-state index in [4.69, 9.17) is 9.15 Å². The van der Waals surface area contributed by atoms with Gasteiger partial charge >= 0.3 is 0 Å². The van der Waals surface area contributed by atoms with Gasteiger partial charge in [-0.25, -0.2) is 0 Å². The summed E-state index contributed by atoms with van der Waals surface area (Å²) >= 11 is 3.46. The van der Waals surface area contributed by atoms with Crippen LogP contribution in [0.5, 0.6) is 5.75 Å². The molecular weight excluding hydrogens is 332 g/mol. The van der Waals surface area contributed by atoms with E-state index in [1.54, 1.807) is 13.2 Å². The number of ether oxygens (including phenoxy) is 1. The lowest BCUT2D eigenvalue weighted by atomic mass is 10.1. The van der Waals surface area contributed by atoms with E-state index >= 15 is 0 Å². The lowest BCUT2D eigenvalue weighted by molar-refractivity contribution is 0.191. The van der Waals surface area contributed by atoms with Crippen molar-refractivity contribution in [1.82, 2.24) is 0 Å². The Labute approximate surface area is 131 Å². The third kappa shape index (κ3) is 2.69. The molecule has 4 heteroatoms. The van der Waals surface area contributed by atoms with Gasteiger partial charge in [-0.15, -0.1) is 0 Å². The maximum Gasteiger partial charge on any atom is 0.138 e. The molecule has 3 rings (SSSR count). The number of furan rings is 1. The maximum absolute atomic E-state index is 10.6. The van der Waals surface area contributed by atoms with Crippen LogP contribution >= 0.6 is 15.9 Å². The van der Waals surface area contributed by atoms with Crippen molar-refractivity contribution in [2.45, 2.75) is 13.0 Å². The normalized spacial score (nSPS) is 12.6. The van der Waals surface area contributed by atoms with Crippen molar-refractivity contribution in [3.05, 3.63) is 63.8 Å². The summed E-state index contributed by atoms with van der Waals surface area (Å²) in [6, 6.07) is 13.3. The molecule has 1 aromatic heterocycles. The van der Waals surface area contributed by atoms with Gasteiger partial charge in [0.05, 0.1) is 7.11 Å². The van der Waals surface area contributed by atoms with Crippen LogP contribution < -0.4 is 4.74 Å². The summed E-state index contributed by atoms with van der Waals surface area (Å²) < 4.78 is 11.8. The summed E-state index contributed by atoms with van der Waals surface area (Å²) in [7, 11) is 1.60. The van der Waals surface area contributed by atoms with Crippen LogP contribution in [0.2, 0.25) is 0 Å². The highest BCUT2D eigenvalue weighted by Gasteiger charge is 2.19. The Morgan fingerprint density at radius 1 is 1.14 bits per heavy atom. The Kier molecular flexibility index (Phi) is 3.74. The molecule has 1 heterocycles. The molecule has 2 aromatic carbocycles. The Morgan fingerprint density at radius 2 is 1.95 bits per heavy atom. The van der Waals surface area contributed by atoms with E-state index in [1.807, 2.05) is 43.3 Å². The summed E-state index contributed by atoms with van der Waals surface area (Å²) in [4.78, 5) is 0. The number of aliphatic hydroxyl groups excluding tert-OH is 1. The number of halogens is 1. The number of aliphatic hydroxyl groups is 1. The van der Waals surface area contributed by atoms with E-state index in [2.05, 4.69) is 15.9 Å². The Hall–Kier alpha value is -1.78. The first-order valence-corrected chi connectivity index (χ1v) is 7.39. The van der Waals surface area contributed by atoms with E-state index in [-0.39, 0.29) is 0 Å². The minimum Gasteiger partial charge on any atom is -0.497 e. The Bertz CT molecular complexity index is 792. The first-order valence-electron chi connectivity index (χ1n) is 6.60. The molecule has 0 radical (unpaired) electrons. The maximum atomic E-state index is 10.6. The smallest absolute Gasteiger partial charge is 0.138 e. The van der Waals surface area contributed by atoms with Crippen LogP contribution in [-0.2, 0) is 0 Å². The highest BCUT2D eigenvalue weighted by Crippen LogP contribution is 2.34. The van der Waals surface area contributed by atoms with Gasteiger partial charge in [0, 0.05) is 15.4 Å². The van der Waals surface area contributed by atoms with E-state index in [0.29, 0.717) is 17.1 Å². The minimum atomic E-state index is -0.845. The molecule has 1 N–H and O–H groups in total. The van der Waals surface area contributed by atoms with E-state index < -0.39 is 6.10 Å². The fraction of sp³-hybridized carbons (Fsp3) is 0.176. The summed E-state index contributed by atoms with van der Waals surface area (Å²) in [6.45, 7) is 2.03. The van der Waals surface area contributed by atoms with Crippen molar-refractivity contribution in [2.75, 3.05) is 7.11 Å². The number of aryl methyl sites for hydroxylation is 1. The average molecular weight is 347 g/mol. The molecule has 0 fully saturated rings. The standard InChI is InChI=1S/C17H15BrO3/c1-10-3-6-15-11(7-10)8-16(21-15)17(19)13-9-12(20-2)4-5-14(13)18/h3-9,17,19H,1-2H3. The van der Waals surface area contributed by atoms with Crippen molar-refractivity contribution in [3.63, 3.8) is 0 Å². The number of hydrogen-bond donors (Lipinski definition) is 1. The molecule has 3 nitrogen and oxygen atoms in total. The molecule has 3 aromatic rings. The predicted octanol–water partition coefficient (Wildman–Crippen LogP) is 4.59. The Morgan fingerprint density at radius 3 is 2.71 bits per heavy atom. The van der Waals surface area contributed by atoms with Crippen LogP contribution in [0.4, 0.5) is 0 Å². The SMILES string of the molecule is COc1ccc(Br)c(C(O)c2cc3cc(C)ccc3o2)c1. The van der Waals surface area contributed by atoms with Crippen LogP contribution in [0.15, 0.2) is 51.4 Å². The van der Waals surface area contributed by atoms with Gasteiger partial charge in [0.1, 0.15) is 23.2 Å². The molecule has 0 saturated heterocycles. The highest BCUT2D eigenvalue weighted by molar-refractivity contribution is 9.10. The predicted molar refractivity (Wildman–Crippen MR) is 85.7 cm³/mol. The molecule has 1 atom stereocenters. The van der Waals surface area contributed by atoms with Gasteiger partial charge in [0.25, 0.3) is 0 Å². The van der Waals surface area contributed by atoms with E-state index in [9.17, 15) is 5.11 Å². The lowest BCUT2D eigenvalue weighted by Gasteiger charge is -2.11. The molecule has 108 valence electrons. The van der Waals surface area contributed by atoms with Gasteiger partial charge in [0.15, 0.2) is 0 Å². The van der Waals surface area contributed by atoms with E-state index in [1.165, 1.54) is 0 Å². The lowest BCUT2D eigenvalue weighted by Crippen LogP contribution is -1.99. The van der Waals surface area contributed by atoms with Crippen LogP contribution in [0, 0.1) is 6.92 Å². The average Bonchev–Trinajstić information content (AvgIpc) is 2.90. The topological polar surface area (TPSA) is 42.6 Å². The van der Waals surface area contributed by atoms with Crippen LogP contribution in [0.1, 0.15) is 23.0 Å². The molecule has 0 spiro atoms. The summed E-state index contributed by atoms with van der Waals surface area (Å²) in [5, 5.41) is 11.6. The molecule has 1 unspecified atom stereocenters. The zero-order chi connectivity index (χ0) is 15.0. The first kappa shape index (κ1) is 14.2. The van der Waals surface area contributed by atoms with Crippen molar-refractivity contribution in [2.24, 2.45) is 0 Å². The number of methoxy groups -OCH3 is 1. The Balaban J connectivity index is 2.05. The van der Waals surface area contributed by atoms with Gasteiger partial charge in [-0.2, -0.15) is 0 Å². The second-order valence-corrected chi connectivity index (χ2v) is 5.83. The van der Waals surface area contributed by atoms with Gasteiger partial charge in [-0.1, -0.05) is 27.6 Å². The third-order valence-corrected chi connectivity index (χ3v) is 4.18. The van der Waals surface area contributed by atoms with Gasteiger partial charge < -0.3 is 14.3 Å². The largest absolute Gasteiger partial charge is 0.497 e. The molecule has 0 bridgehead atoms. The fourth-order valence-electron chi connectivity index (χ4n) is 2.33. The number of rotatable bonds is 3. The van der Waals surface area contributed by atoms with Crippen molar-refractivity contribution >= 4 is 26.9 Å². The van der Waals surface area contributed by atoms with Crippen LogP contribution in [-0.4, -0.2) is 12.2 Å². The first-order chi connectivity index (χ1) is 10.1. The number of hydrogen-bond acceptors (Lipinski definition) is 3. The summed E-state index contributed by atoms with van der Waals surface area (Å²) in [5.41, 5.74) is 2.64. The molecule has 0 aliphatic carbocycles. The fourth-order valence-corrected chi connectivity index (χ4v) is 2.79. The quantitative estimate of drug-likeness (QED) is 0.753. The molecule has 0 aliphatic rings. The minimum absolute atomic E-state index is 0.518.